The maximum Gasteiger partial charge on any atom is 0.149 e. The molecule has 30 heavy (non-hydrogen) atoms. The standard InChI is InChI=1S/C21H22ClFN6S/c1-4-17(27-21-13(2)24-11-26-28(3)12-25-21)16-9-19-29(18(22)10-30-19)20(16)14-6-5-7-15(23)8-14/h5-12,17,27H,4H2,1-3H3,(H,24,26). The molecule has 0 fully saturated rings. The van der Waals surface area contributed by atoms with E-state index in [-0.39, 0.29) is 11.9 Å². The van der Waals surface area contributed by atoms with Crippen LogP contribution in [-0.4, -0.2) is 24.1 Å². The molecular formula is C21H22ClFN6S. The van der Waals surface area contributed by atoms with Crippen LogP contribution in [0.4, 0.5) is 10.2 Å². The molecule has 3 aromatic heterocycles. The fourth-order valence-electron chi connectivity index (χ4n) is 3.42. The fourth-order valence-corrected chi connectivity index (χ4v) is 4.59. The average Bonchev–Trinajstić information content (AvgIpc) is 3.27. The highest BCUT2D eigenvalue weighted by molar-refractivity contribution is 7.16. The monoisotopic (exact) mass is 444 g/mol. The molecule has 1 unspecified atom stereocenters. The zero-order valence-electron chi connectivity index (χ0n) is 16.9. The van der Waals surface area contributed by atoms with Gasteiger partial charge in [-0.15, -0.1) is 11.3 Å². The molecule has 0 bridgehead atoms. The summed E-state index contributed by atoms with van der Waals surface area (Å²) in [5.41, 5.74) is 3.45. The minimum atomic E-state index is -0.284. The van der Waals surface area contributed by atoms with Crippen LogP contribution in [0.5, 0.6) is 0 Å². The van der Waals surface area contributed by atoms with Crippen LogP contribution >= 0.6 is 22.9 Å². The van der Waals surface area contributed by atoms with Gasteiger partial charge in [-0.25, -0.2) is 14.4 Å². The first-order chi connectivity index (χ1) is 14.5. The summed E-state index contributed by atoms with van der Waals surface area (Å²) in [6.45, 7) is 4.00. The van der Waals surface area contributed by atoms with Gasteiger partial charge in [0, 0.05) is 23.6 Å². The van der Waals surface area contributed by atoms with Crippen molar-refractivity contribution in [3.63, 3.8) is 0 Å². The summed E-state index contributed by atoms with van der Waals surface area (Å²) in [7, 11) is 1.84. The lowest BCUT2D eigenvalue weighted by molar-refractivity contribution is 0.628. The van der Waals surface area contributed by atoms with E-state index in [9.17, 15) is 4.39 Å². The minimum absolute atomic E-state index is 0.0681. The number of aryl methyl sites for hydroxylation is 2. The molecule has 9 heteroatoms. The van der Waals surface area contributed by atoms with E-state index in [1.807, 2.05) is 29.8 Å². The van der Waals surface area contributed by atoms with Gasteiger partial charge in [0.05, 0.1) is 17.4 Å². The molecule has 0 amide bonds. The van der Waals surface area contributed by atoms with Gasteiger partial charge in [-0.2, -0.15) is 0 Å². The highest BCUT2D eigenvalue weighted by Gasteiger charge is 2.22. The van der Waals surface area contributed by atoms with Crippen LogP contribution in [0.3, 0.4) is 0 Å². The number of anilines is 1. The van der Waals surface area contributed by atoms with E-state index in [1.54, 1.807) is 34.7 Å². The number of aromatic nitrogens is 5. The van der Waals surface area contributed by atoms with Crippen LogP contribution < -0.4 is 5.32 Å². The van der Waals surface area contributed by atoms with Crippen LogP contribution in [0, 0.1) is 12.7 Å². The van der Waals surface area contributed by atoms with Crippen molar-refractivity contribution in [3.8, 4) is 11.3 Å². The second kappa shape index (κ2) is 8.49. The van der Waals surface area contributed by atoms with Gasteiger partial charge in [0.15, 0.2) is 0 Å². The molecule has 0 aliphatic heterocycles. The number of hydrogen-bond donors (Lipinski definition) is 2. The highest BCUT2D eigenvalue weighted by atomic mass is 35.5. The summed E-state index contributed by atoms with van der Waals surface area (Å²) in [6.07, 6.45) is 4.10. The Hall–Kier alpha value is -2.84. The van der Waals surface area contributed by atoms with Crippen molar-refractivity contribution < 1.29 is 4.39 Å². The van der Waals surface area contributed by atoms with Gasteiger partial charge in [0.25, 0.3) is 0 Å². The third-order valence-electron chi connectivity index (χ3n) is 4.90. The molecule has 2 N–H and O–H groups in total. The Morgan fingerprint density at radius 2 is 2.13 bits per heavy atom. The molecule has 0 saturated heterocycles. The van der Waals surface area contributed by atoms with E-state index >= 15 is 0 Å². The molecule has 0 aliphatic carbocycles. The first kappa shape index (κ1) is 20.4. The van der Waals surface area contributed by atoms with Crippen molar-refractivity contribution in [3.05, 3.63) is 70.6 Å². The Balaban J connectivity index is 1.86. The maximum absolute atomic E-state index is 14.0. The number of nitrogens with zero attached hydrogens (tertiary/aromatic N) is 4. The maximum atomic E-state index is 14.0. The van der Waals surface area contributed by atoms with Gasteiger partial charge in [0.2, 0.25) is 0 Å². The topological polar surface area (TPSA) is 62.9 Å². The summed E-state index contributed by atoms with van der Waals surface area (Å²) < 4.78 is 17.7. The van der Waals surface area contributed by atoms with E-state index in [0.717, 1.165) is 33.8 Å². The quantitative estimate of drug-likeness (QED) is 0.402. The molecular weight excluding hydrogens is 423 g/mol. The van der Waals surface area contributed by atoms with Crippen molar-refractivity contribution in [1.29, 1.82) is 0 Å². The zero-order valence-corrected chi connectivity index (χ0v) is 18.4. The summed E-state index contributed by atoms with van der Waals surface area (Å²) in [6, 6.07) is 8.64. The average molecular weight is 445 g/mol. The lowest BCUT2D eigenvalue weighted by Gasteiger charge is -2.20. The highest BCUT2D eigenvalue weighted by Crippen LogP contribution is 2.39. The van der Waals surface area contributed by atoms with Gasteiger partial charge >= 0.3 is 0 Å². The van der Waals surface area contributed by atoms with Gasteiger partial charge < -0.3 is 5.32 Å². The van der Waals surface area contributed by atoms with Crippen molar-refractivity contribution >= 4 is 33.6 Å². The number of H-pyrrole nitrogens is 1. The van der Waals surface area contributed by atoms with E-state index in [2.05, 4.69) is 33.4 Å². The Kier molecular flexibility index (Phi) is 5.78. The molecule has 156 valence electrons. The van der Waals surface area contributed by atoms with Gasteiger partial charge in [-0.05, 0) is 31.5 Å². The smallest absolute Gasteiger partial charge is 0.149 e. The number of benzene rings is 1. The molecule has 1 atom stereocenters. The Bertz CT molecular complexity index is 1240. The van der Waals surface area contributed by atoms with Crippen LogP contribution in [0.1, 0.15) is 30.6 Å². The molecule has 0 spiro atoms. The van der Waals surface area contributed by atoms with Crippen LogP contribution in [0.2, 0.25) is 5.15 Å². The fraction of sp³-hybridized carbons (Fsp3) is 0.238. The number of fused-ring (bicyclic) bond motifs is 1. The molecule has 0 radical (unpaired) electrons. The first-order valence-electron chi connectivity index (χ1n) is 9.55. The molecule has 4 aromatic rings. The SMILES string of the molecule is CCC(Nc1ncn(C)[nH]cnc1C)c1cc2scc(Cl)n2c1-c1cccc(F)c1. The van der Waals surface area contributed by atoms with Crippen molar-refractivity contribution in [2.45, 2.75) is 26.3 Å². The number of aromatic amines is 1. The molecule has 0 saturated carbocycles. The van der Waals surface area contributed by atoms with Crippen molar-refractivity contribution in [2.75, 3.05) is 5.32 Å². The predicted octanol–water partition coefficient (Wildman–Crippen LogP) is 5.91. The van der Waals surface area contributed by atoms with E-state index < -0.39 is 0 Å². The van der Waals surface area contributed by atoms with Crippen LogP contribution in [0.25, 0.3) is 16.1 Å². The number of halogens is 2. The van der Waals surface area contributed by atoms with Crippen molar-refractivity contribution in [2.24, 2.45) is 7.05 Å². The molecule has 0 aliphatic rings. The number of hydrogen-bond acceptors (Lipinski definition) is 4. The zero-order chi connectivity index (χ0) is 21.3. The second-order valence-corrected chi connectivity index (χ2v) is 8.25. The largest absolute Gasteiger partial charge is 0.362 e. The molecule has 4 rings (SSSR count). The lowest BCUT2D eigenvalue weighted by Crippen LogP contribution is -2.13. The van der Waals surface area contributed by atoms with E-state index in [1.165, 1.54) is 12.1 Å². The van der Waals surface area contributed by atoms with E-state index in [0.29, 0.717) is 11.0 Å². The van der Waals surface area contributed by atoms with Crippen molar-refractivity contribution in [1.82, 2.24) is 24.1 Å². The third kappa shape index (κ3) is 3.93. The second-order valence-electron chi connectivity index (χ2n) is 6.97. The van der Waals surface area contributed by atoms with Crippen LogP contribution in [0.15, 0.2) is 48.4 Å². The lowest BCUT2D eigenvalue weighted by atomic mass is 10.00. The molecule has 3 heterocycles. The number of rotatable bonds is 5. The molecule has 6 nitrogen and oxygen atoms in total. The van der Waals surface area contributed by atoms with Crippen LogP contribution in [-0.2, 0) is 7.05 Å². The Labute approximate surface area is 182 Å². The van der Waals surface area contributed by atoms with Gasteiger partial charge in [-0.1, -0.05) is 30.7 Å². The Morgan fingerprint density at radius 3 is 2.90 bits per heavy atom. The minimum Gasteiger partial charge on any atom is -0.362 e. The van der Waals surface area contributed by atoms with Gasteiger partial charge in [-0.3, -0.25) is 14.2 Å². The normalized spacial score (nSPS) is 12.2. The van der Waals surface area contributed by atoms with Gasteiger partial charge in [0.1, 0.15) is 34.3 Å². The summed E-state index contributed by atoms with van der Waals surface area (Å²) >= 11 is 8.05. The van der Waals surface area contributed by atoms with E-state index in [4.69, 9.17) is 11.6 Å². The summed E-state index contributed by atoms with van der Waals surface area (Å²) in [5.74, 6) is 0.395. The number of nitrogens with one attached hydrogen (secondary N) is 2. The Morgan fingerprint density at radius 1 is 1.30 bits per heavy atom. The molecule has 1 aromatic carbocycles. The summed E-state index contributed by atoms with van der Waals surface area (Å²) in [4.78, 5) is 9.93. The third-order valence-corrected chi connectivity index (χ3v) is 6.19. The summed E-state index contributed by atoms with van der Waals surface area (Å²) in [5, 5.41) is 8.99. The first-order valence-corrected chi connectivity index (χ1v) is 10.8. The predicted molar refractivity (Wildman–Crippen MR) is 120 cm³/mol. The number of thiazole rings is 1.